The molecular weight excluding hydrogens is 1080 g/mol. The fourth-order valence-corrected chi connectivity index (χ4v) is 6.36. The molecule has 1 aliphatic rings. The largest absolute Gasteiger partial charge is 0.477 e. The summed E-state index contributed by atoms with van der Waals surface area (Å²) in [5.74, 6) is -2.97. The Kier molecular flexibility index (Phi) is 25.1. The van der Waals surface area contributed by atoms with Gasteiger partial charge in [-0.1, -0.05) is 52.5 Å². The van der Waals surface area contributed by atoms with Gasteiger partial charge in [-0.05, 0) is 66.2 Å². The third kappa shape index (κ3) is 18.7. The van der Waals surface area contributed by atoms with E-state index >= 15 is 0 Å². The third-order valence-electron chi connectivity index (χ3n) is 8.68. The van der Waals surface area contributed by atoms with Crippen LogP contribution in [-0.4, -0.2) is 120 Å². The molecule has 0 aromatic carbocycles. The molecule has 0 aliphatic carbocycles. The molecule has 0 fully saturated rings. The Labute approximate surface area is 447 Å². The molecular formula is C45H40Cl6N14O8. The molecule has 1 aliphatic heterocycles. The number of hydrazone groups is 1. The first-order valence-electron chi connectivity index (χ1n) is 20.1. The molecule has 1 atom stereocenters. The topological polar surface area (TPSA) is 273 Å². The molecule has 0 saturated carbocycles. The van der Waals surface area contributed by atoms with E-state index in [9.17, 15) is 19.2 Å². The lowest BCUT2D eigenvalue weighted by Gasteiger charge is -2.20. The van der Waals surface area contributed by atoms with Gasteiger partial charge >= 0.3 is 23.9 Å². The molecule has 73 heavy (non-hydrogen) atoms. The van der Waals surface area contributed by atoms with Crippen molar-refractivity contribution in [3.8, 4) is 17.1 Å². The minimum absolute atomic E-state index is 0. The number of ether oxygens (including phenoxy) is 2. The maximum atomic E-state index is 11.5. The number of anilines is 1. The zero-order valence-corrected chi connectivity index (χ0v) is 42.5. The monoisotopic (exact) mass is 1110 g/mol. The van der Waals surface area contributed by atoms with Crippen LogP contribution >= 0.6 is 71.2 Å². The van der Waals surface area contributed by atoms with Crippen molar-refractivity contribution >= 4 is 112 Å². The molecule has 0 amide bonds. The highest BCUT2D eigenvalue weighted by molar-refractivity contribution is 6.66. The summed E-state index contributed by atoms with van der Waals surface area (Å²) in [6.07, 6.45) is 19.4. The molecule has 2 N–H and O–H groups in total. The summed E-state index contributed by atoms with van der Waals surface area (Å²) >= 11 is 22.9. The van der Waals surface area contributed by atoms with E-state index in [-0.39, 0.29) is 52.5 Å². The minimum Gasteiger partial charge on any atom is -0.477 e. The van der Waals surface area contributed by atoms with Gasteiger partial charge in [0.1, 0.15) is 11.4 Å². The highest BCUT2D eigenvalue weighted by Crippen LogP contribution is 2.25. The zero-order chi connectivity index (χ0) is 51.1. The number of esters is 2. The summed E-state index contributed by atoms with van der Waals surface area (Å²) in [5.41, 5.74) is 4.00. The van der Waals surface area contributed by atoms with Gasteiger partial charge in [-0.25, -0.2) is 38.2 Å². The van der Waals surface area contributed by atoms with Crippen molar-refractivity contribution in [2.45, 2.75) is 19.0 Å². The Hall–Kier alpha value is -7.86. The highest BCUT2D eigenvalue weighted by Gasteiger charge is 2.34. The van der Waals surface area contributed by atoms with Crippen LogP contribution in [0.3, 0.4) is 0 Å². The molecule has 380 valence electrons. The Bertz CT molecular complexity index is 3030. The number of carboxylic acids is 2. The van der Waals surface area contributed by atoms with Crippen molar-refractivity contribution in [3.63, 3.8) is 0 Å². The van der Waals surface area contributed by atoms with Gasteiger partial charge < -0.3 is 19.7 Å². The lowest BCUT2D eigenvalue weighted by molar-refractivity contribution is -0.141. The molecule has 0 saturated heterocycles. The van der Waals surface area contributed by atoms with Crippen molar-refractivity contribution < 1.29 is 38.9 Å². The molecule has 8 aromatic heterocycles. The van der Waals surface area contributed by atoms with Crippen LogP contribution in [0.5, 0.6) is 0 Å². The number of nitrogens with zero attached hydrogens (tertiary/aromatic N) is 14. The average molecular weight is 1120 g/mol. The van der Waals surface area contributed by atoms with Crippen molar-refractivity contribution in [3.05, 3.63) is 179 Å². The van der Waals surface area contributed by atoms with Crippen molar-refractivity contribution in [2.24, 2.45) is 10.1 Å². The Morgan fingerprint density at radius 3 is 1.58 bits per heavy atom. The quantitative estimate of drug-likeness (QED) is 0.0964. The average Bonchev–Trinajstić information content (AvgIpc) is 4.21. The van der Waals surface area contributed by atoms with Gasteiger partial charge in [0.15, 0.2) is 32.9 Å². The van der Waals surface area contributed by atoms with E-state index < -0.39 is 23.9 Å². The summed E-state index contributed by atoms with van der Waals surface area (Å²) in [5, 5.41) is 35.9. The van der Waals surface area contributed by atoms with Crippen molar-refractivity contribution in [1.82, 2.24) is 54.3 Å². The lowest BCUT2D eigenvalue weighted by Crippen LogP contribution is -2.35. The van der Waals surface area contributed by atoms with Crippen molar-refractivity contribution in [1.29, 1.82) is 0 Å². The predicted octanol–water partition coefficient (Wildman–Crippen LogP) is 8.21. The number of rotatable bonds is 10. The molecule has 22 nitrogen and oxygen atoms in total. The SMILES string of the molecule is COC(=O)C1CC(Cl)=NN1c1cccnc1.COC(=O)c1cc(Cl)nn1-c1cccnc1.Cl.Cl.Clc1ccn(-c2cccnc2)n1.O=C(O)C=NCc1cccnc1.O=C(O)c1cc(Cl)nn1-c1cccnc1. The number of pyridine rings is 5. The Morgan fingerprint density at radius 2 is 1.14 bits per heavy atom. The third-order valence-corrected chi connectivity index (χ3v) is 9.48. The fraction of sp³-hybridized carbons (Fsp3) is 0.111. The van der Waals surface area contributed by atoms with E-state index in [2.05, 4.69) is 55.0 Å². The standard InChI is InChI=1S/C10H10ClN3O2.C10H8ClN3O2.C9H6ClN3O2.C8H6ClN3.C8H8N2O2.2ClH/c2*1-16-10(15)8-5-9(11)13-14(8)7-3-2-4-12-6-7;10-8-4-7(9(14)15)13(12-8)6-2-1-3-11-5-6;9-8-3-5-12(11-8)7-2-1-4-10-6-7;11-8(12)6-10-5-7-2-1-3-9-4-7;;/h2-4,6,8H,5H2,1H3;2-6H,1H3;1-5H,(H,14,15);1-6H;1-4,6H,5H2,(H,11,12);2*1H. The lowest BCUT2D eigenvalue weighted by atomic mass is 10.2. The smallest absolute Gasteiger partial charge is 0.356 e. The van der Waals surface area contributed by atoms with Crippen molar-refractivity contribution in [2.75, 3.05) is 19.2 Å². The molecule has 28 heteroatoms. The molecule has 0 bridgehead atoms. The van der Waals surface area contributed by atoms with E-state index in [0.717, 1.165) is 17.5 Å². The summed E-state index contributed by atoms with van der Waals surface area (Å²) in [7, 11) is 2.65. The van der Waals surface area contributed by atoms with Crippen LogP contribution in [0.15, 0.2) is 157 Å². The number of aromatic nitrogens is 11. The molecule has 0 spiro atoms. The van der Waals surface area contributed by atoms with E-state index in [1.54, 1.807) is 109 Å². The Morgan fingerprint density at radius 1 is 0.644 bits per heavy atom. The van der Waals surface area contributed by atoms with Gasteiger partial charge in [0, 0.05) is 61.9 Å². The summed E-state index contributed by atoms with van der Waals surface area (Å²) in [6.45, 7) is 0.361. The van der Waals surface area contributed by atoms with Crippen LogP contribution in [0.2, 0.25) is 15.5 Å². The number of halogens is 6. The normalized spacial score (nSPS) is 11.9. The number of hydrogen-bond donors (Lipinski definition) is 2. The van der Waals surface area contributed by atoms with Gasteiger partial charge in [-0.15, -0.1) is 24.8 Å². The number of carboxylic acid groups (broad SMARTS) is 2. The first-order chi connectivity index (χ1) is 34.3. The second-order valence-corrected chi connectivity index (χ2v) is 15.1. The number of aliphatic carboxylic acids is 1. The fourth-order valence-electron chi connectivity index (χ4n) is 5.63. The van der Waals surface area contributed by atoms with Gasteiger partial charge in [-0.3, -0.25) is 29.9 Å². The number of carbonyl (C=O) groups excluding carboxylic acids is 2. The van der Waals surface area contributed by atoms with Crippen LogP contribution in [0.4, 0.5) is 5.69 Å². The molecule has 9 heterocycles. The number of carbonyl (C=O) groups is 4. The van der Waals surface area contributed by atoms with Crippen LogP contribution < -0.4 is 5.01 Å². The maximum Gasteiger partial charge on any atom is 0.356 e. The van der Waals surface area contributed by atoms with Crippen LogP contribution in [0.25, 0.3) is 17.1 Å². The second kappa shape index (κ2) is 30.8. The van der Waals surface area contributed by atoms with E-state index in [4.69, 9.17) is 61.4 Å². The predicted molar refractivity (Wildman–Crippen MR) is 276 cm³/mol. The van der Waals surface area contributed by atoms with E-state index in [0.29, 0.717) is 40.4 Å². The van der Waals surface area contributed by atoms with Crippen LogP contribution in [0, 0.1) is 0 Å². The van der Waals surface area contributed by atoms with Gasteiger partial charge in [0.05, 0.1) is 68.3 Å². The minimum atomic E-state index is -1.08. The summed E-state index contributed by atoms with van der Waals surface area (Å²) in [6, 6.07) is 21.8. The number of methoxy groups -OCH3 is 2. The summed E-state index contributed by atoms with van der Waals surface area (Å²) in [4.78, 5) is 67.2. The van der Waals surface area contributed by atoms with Crippen LogP contribution in [0.1, 0.15) is 33.0 Å². The molecule has 8 aromatic rings. The van der Waals surface area contributed by atoms with Gasteiger partial charge in [0.25, 0.3) is 0 Å². The first kappa shape index (κ1) is 59.4. The maximum absolute atomic E-state index is 11.5. The number of hydrogen-bond acceptors (Lipinski definition) is 17. The number of aromatic carboxylic acids is 1. The number of aliphatic imine (C=N–C) groups is 1. The van der Waals surface area contributed by atoms with Gasteiger partial charge in [-0.2, -0.15) is 20.4 Å². The zero-order valence-electron chi connectivity index (χ0n) is 37.9. The van der Waals surface area contributed by atoms with Crippen LogP contribution in [-0.2, 0) is 25.6 Å². The molecule has 0 radical (unpaired) electrons. The first-order valence-corrected chi connectivity index (χ1v) is 21.7. The van der Waals surface area contributed by atoms with E-state index in [1.807, 2.05) is 24.3 Å². The van der Waals surface area contributed by atoms with E-state index in [1.165, 1.54) is 46.9 Å². The molecule has 9 rings (SSSR count). The van der Waals surface area contributed by atoms with Gasteiger partial charge in [0.2, 0.25) is 0 Å². The second-order valence-electron chi connectivity index (χ2n) is 13.5. The highest BCUT2D eigenvalue weighted by atomic mass is 35.5. The Balaban J connectivity index is 0.000000240. The summed E-state index contributed by atoms with van der Waals surface area (Å²) < 4.78 is 13.6. The molecule has 1 unspecified atom stereocenters.